The number of benzene rings is 2. The van der Waals surface area contributed by atoms with Crippen molar-refractivity contribution in [3.63, 3.8) is 0 Å². The Morgan fingerprint density at radius 2 is 1.62 bits per heavy atom. The third-order valence-electron chi connectivity index (χ3n) is 3.57. The molecule has 2 aromatic rings. The highest BCUT2D eigenvalue weighted by Gasteiger charge is 2.07. The van der Waals surface area contributed by atoms with Crippen LogP contribution in [-0.4, -0.2) is 25.0 Å². The van der Waals surface area contributed by atoms with Gasteiger partial charge in [0.15, 0.2) is 6.61 Å². The maximum atomic E-state index is 11.8. The van der Waals surface area contributed by atoms with Gasteiger partial charge < -0.3 is 15.4 Å². The molecule has 0 bridgehead atoms. The number of aryl methyl sites for hydroxylation is 2. The molecule has 0 atom stereocenters. The molecule has 0 aliphatic rings. The summed E-state index contributed by atoms with van der Waals surface area (Å²) >= 11 is 0. The molecule has 126 valence electrons. The first-order chi connectivity index (χ1) is 11.5. The molecule has 0 unspecified atom stereocenters. The van der Waals surface area contributed by atoms with Crippen LogP contribution in [0.15, 0.2) is 48.5 Å². The molecule has 5 nitrogen and oxygen atoms in total. The predicted molar refractivity (Wildman–Crippen MR) is 92.7 cm³/mol. The van der Waals surface area contributed by atoms with Gasteiger partial charge in [0.2, 0.25) is 5.91 Å². The van der Waals surface area contributed by atoms with Crippen molar-refractivity contribution in [3.8, 4) is 5.75 Å². The molecule has 2 N–H and O–H groups in total. The second-order valence-electron chi connectivity index (χ2n) is 5.58. The third-order valence-corrected chi connectivity index (χ3v) is 3.57. The summed E-state index contributed by atoms with van der Waals surface area (Å²) in [5.74, 6) is 0.0586. The fourth-order valence-electron chi connectivity index (χ4n) is 2.08. The summed E-state index contributed by atoms with van der Waals surface area (Å²) in [6.45, 7) is 4.23. The maximum Gasteiger partial charge on any atom is 0.258 e. The zero-order valence-electron chi connectivity index (χ0n) is 14.0. The van der Waals surface area contributed by atoms with E-state index in [2.05, 4.69) is 10.6 Å². The standard InChI is InChI=1S/C19H22N2O3/c1-14-7-9-17(10-8-14)24-13-19(23)21-12-18(22)20-11-16-6-4-3-5-15(16)2/h3-10H,11-13H2,1-2H3,(H,20,22)(H,21,23). The molecule has 5 heteroatoms. The molecule has 0 fully saturated rings. The van der Waals surface area contributed by atoms with Gasteiger partial charge in [-0.15, -0.1) is 0 Å². The second kappa shape index (κ2) is 8.72. The van der Waals surface area contributed by atoms with Crippen molar-refractivity contribution >= 4 is 11.8 Å². The van der Waals surface area contributed by atoms with E-state index < -0.39 is 0 Å². The quantitative estimate of drug-likeness (QED) is 0.819. The summed E-state index contributed by atoms with van der Waals surface area (Å²) in [7, 11) is 0. The van der Waals surface area contributed by atoms with Crippen LogP contribution in [0.25, 0.3) is 0 Å². The Balaban J connectivity index is 1.66. The van der Waals surface area contributed by atoms with E-state index in [0.717, 1.165) is 16.7 Å². The van der Waals surface area contributed by atoms with Crippen LogP contribution in [-0.2, 0) is 16.1 Å². The minimum atomic E-state index is -0.332. The van der Waals surface area contributed by atoms with Crippen molar-refractivity contribution in [1.29, 1.82) is 0 Å². The molecule has 0 radical (unpaired) electrons. The molecule has 2 aromatic carbocycles. The first kappa shape index (κ1) is 17.5. The smallest absolute Gasteiger partial charge is 0.258 e. The Labute approximate surface area is 142 Å². The highest BCUT2D eigenvalue weighted by molar-refractivity contribution is 5.85. The van der Waals surface area contributed by atoms with Crippen molar-refractivity contribution in [2.24, 2.45) is 0 Å². The topological polar surface area (TPSA) is 67.4 Å². The van der Waals surface area contributed by atoms with Gasteiger partial charge in [0.25, 0.3) is 5.91 Å². The van der Waals surface area contributed by atoms with Crippen LogP contribution < -0.4 is 15.4 Å². The summed E-state index contributed by atoms with van der Waals surface area (Å²) in [4.78, 5) is 23.5. The zero-order valence-corrected chi connectivity index (χ0v) is 14.0. The molecule has 0 spiro atoms. The van der Waals surface area contributed by atoms with Crippen LogP contribution in [0.5, 0.6) is 5.75 Å². The van der Waals surface area contributed by atoms with Crippen molar-refractivity contribution in [2.45, 2.75) is 20.4 Å². The Hall–Kier alpha value is -2.82. The van der Waals surface area contributed by atoms with E-state index in [1.807, 2.05) is 50.2 Å². The van der Waals surface area contributed by atoms with Gasteiger partial charge in [-0.2, -0.15) is 0 Å². The minimum absolute atomic E-state index is 0.0675. The minimum Gasteiger partial charge on any atom is -0.484 e. The molecule has 0 heterocycles. The van der Waals surface area contributed by atoms with Crippen LogP contribution >= 0.6 is 0 Å². The van der Waals surface area contributed by atoms with Crippen molar-refractivity contribution in [2.75, 3.05) is 13.2 Å². The van der Waals surface area contributed by atoms with Gasteiger partial charge in [-0.1, -0.05) is 42.0 Å². The number of ether oxygens (including phenoxy) is 1. The average Bonchev–Trinajstić information content (AvgIpc) is 2.58. The largest absolute Gasteiger partial charge is 0.484 e. The van der Waals surface area contributed by atoms with Gasteiger partial charge in [-0.25, -0.2) is 0 Å². The molecule has 2 rings (SSSR count). The number of nitrogens with one attached hydrogen (secondary N) is 2. The molecule has 0 aromatic heterocycles. The van der Waals surface area contributed by atoms with E-state index in [0.29, 0.717) is 12.3 Å². The summed E-state index contributed by atoms with van der Waals surface area (Å²) in [6, 6.07) is 15.3. The lowest BCUT2D eigenvalue weighted by molar-refractivity contribution is -0.127. The zero-order chi connectivity index (χ0) is 17.4. The van der Waals surface area contributed by atoms with Crippen LogP contribution in [0.3, 0.4) is 0 Å². The van der Waals surface area contributed by atoms with Gasteiger partial charge in [0.05, 0.1) is 6.54 Å². The lowest BCUT2D eigenvalue weighted by atomic mass is 10.1. The lowest BCUT2D eigenvalue weighted by Crippen LogP contribution is -2.38. The molecule has 0 saturated heterocycles. The van der Waals surface area contributed by atoms with Gasteiger partial charge in [-0.3, -0.25) is 9.59 Å². The summed E-state index contributed by atoms with van der Waals surface area (Å²) in [5.41, 5.74) is 3.30. The monoisotopic (exact) mass is 326 g/mol. The van der Waals surface area contributed by atoms with Crippen molar-refractivity contribution in [1.82, 2.24) is 10.6 Å². The Kier molecular flexibility index (Phi) is 6.37. The van der Waals surface area contributed by atoms with Crippen LogP contribution in [0.1, 0.15) is 16.7 Å². The Bertz CT molecular complexity index is 696. The maximum absolute atomic E-state index is 11.8. The van der Waals surface area contributed by atoms with E-state index in [1.165, 1.54) is 0 Å². The van der Waals surface area contributed by atoms with Crippen LogP contribution in [0.4, 0.5) is 0 Å². The number of hydrogen-bond donors (Lipinski definition) is 2. The van der Waals surface area contributed by atoms with Gasteiger partial charge in [0, 0.05) is 6.54 Å². The first-order valence-corrected chi connectivity index (χ1v) is 7.82. The third kappa shape index (κ3) is 5.76. The molecule has 0 aliphatic carbocycles. The van der Waals surface area contributed by atoms with E-state index in [4.69, 9.17) is 4.74 Å². The number of amides is 2. The number of carbonyl (C=O) groups is 2. The summed E-state index contributed by atoms with van der Waals surface area (Å²) in [6.07, 6.45) is 0. The van der Waals surface area contributed by atoms with Gasteiger partial charge in [0.1, 0.15) is 5.75 Å². The van der Waals surface area contributed by atoms with Gasteiger partial charge in [-0.05, 0) is 37.1 Å². The Morgan fingerprint density at radius 3 is 2.33 bits per heavy atom. The summed E-state index contributed by atoms with van der Waals surface area (Å²) < 4.78 is 5.36. The molecule has 2 amide bonds. The van der Waals surface area contributed by atoms with E-state index >= 15 is 0 Å². The fraction of sp³-hybridized carbons (Fsp3) is 0.263. The van der Waals surface area contributed by atoms with E-state index in [-0.39, 0.29) is 25.0 Å². The number of carbonyl (C=O) groups excluding carboxylic acids is 2. The van der Waals surface area contributed by atoms with Crippen LogP contribution in [0, 0.1) is 13.8 Å². The average molecular weight is 326 g/mol. The fourth-order valence-corrected chi connectivity index (χ4v) is 2.08. The molecular weight excluding hydrogens is 304 g/mol. The van der Waals surface area contributed by atoms with E-state index in [9.17, 15) is 9.59 Å². The predicted octanol–water partition coefficient (Wildman–Crippen LogP) is 2.11. The SMILES string of the molecule is Cc1ccc(OCC(=O)NCC(=O)NCc2ccccc2C)cc1. The Morgan fingerprint density at radius 1 is 0.917 bits per heavy atom. The van der Waals surface area contributed by atoms with E-state index in [1.54, 1.807) is 12.1 Å². The molecule has 0 aliphatic heterocycles. The highest BCUT2D eigenvalue weighted by atomic mass is 16.5. The number of hydrogen-bond acceptors (Lipinski definition) is 3. The van der Waals surface area contributed by atoms with Crippen molar-refractivity contribution in [3.05, 3.63) is 65.2 Å². The molecule has 24 heavy (non-hydrogen) atoms. The lowest BCUT2D eigenvalue weighted by Gasteiger charge is -2.09. The summed E-state index contributed by atoms with van der Waals surface area (Å²) in [5, 5.41) is 5.32. The first-order valence-electron chi connectivity index (χ1n) is 7.82. The molecular formula is C19H22N2O3. The van der Waals surface area contributed by atoms with Crippen LogP contribution in [0.2, 0.25) is 0 Å². The van der Waals surface area contributed by atoms with Gasteiger partial charge >= 0.3 is 0 Å². The second-order valence-corrected chi connectivity index (χ2v) is 5.58. The highest BCUT2D eigenvalue weighted by Crippen LogP contribution is 2.10. The van der Waals surface area contributed by atoms with Crippen molar-refractivity contribution < 1.29 is 14.3 Å². The molecule has 0 saturated carbocycles. The normalized spacial score (nSPS) is 10.1. The number of rotatable bonds is 7.